The van der Waals surface area contributed by atoms with E-state index in [0.29, 0.717) is 36.0 Å². The first-order valence-electron chi connectivity index (χ1n) is 9.05. The largest absolute Gasteiger partial charge is 0.340 e. The summed E-state index contributed by atoms with van der Waals surface area (Å²) in [4.78, 5) is 23.4. The van der Waals surface area contributed by atoms with Crippen LogP contribution >= 0.6 is 0 Å². The number of aromatic nitrogens is 2. The summed E-state index contributed by atoms with van der Waals surface area (Å²) >= 11 is 0. The van der Waals surface area contributed by atoms with Crippen LogP contribution in [-0.2, 0) is 6.54 Å². The van der Waals surface area contributed by atoms with Crippen molar-refractivity contribution in [2.45, 2.75) is 20.4 Å². The molecule has 3 aromatic rings. The minimum Gasteiger partial charge on any atom is -0.340 e. The van der Waals surface area contributed by atoms with Crippen LogP contribution in [0.4, 0.5) is 11.5 Å². The zero-order chi connectivity index (χ0) is 19.9. The van der Waals surface area contributed by atoms with Crippen LogP contribution in [-0.4, -0.2) is 27.3 Å². The van der Waals surface area contributed by atoms with E-state index >= 15 is 0 Å². The van der Waals surface area contributed by atoms with Gasteiger partial charge in [-0.1, -0.05) is 30.3 Å². The lowest BCUT2D eigenvalue weighted by Crippen LogP contribution is -2.31. The average molecular weight is 371 g/mol. The number of carbonyl (C=O) groups excluding carboxylic acids is 1. The maximum Gasteiger partial charge on any atom is 0.272 e. The van der Waals surface area contributed by atoms with Crippen molar-refractivity contribution in [3.8, 4) is 6.07 Å². The highest BCUT2D eigenvalue weighted by atomic mass is 16.2. The fourth-order valence-corrected chi connectivity index (χ4v) is 2.81. The number of anilines is 2. The molecule has 0 aliphatic heterocycles. The fraction of sp³-hybridized carbons (Fsp3) is 0.182. The molecule has 0 bridgehead atoms. The Morgan fingerprint density at radius 3 is 2.46 bits per heavy atom. The van der Waals surface area contributed by atoms with Gasteiger partial charge in [0.15, 0.2) is 0 Å². The standard InChI is InChI=1S/C22H21N5O/c1-3-27(15-18-7-5-4-6-8-18)22(28)20-13-21(25-16(2)24-20)26-19-11-9-17(14-23)10-12-19/h4-13H,3,15H2,1-2H3,(H,24,25,26). The molecule has 1 N–H and O–H groups in total. The van der Waals surface area contributed by atoms with Crippen LogP contribution in [0.2, 0.25) is 0 Å². The van der Waals surface area contributed by atoms with Gasteiger partial charge in [0.05, 0.1) is 11.6 Å². The van der Waals surface area contributed by atoms with Crippen molar-refractivity contribution in [1.82, 2.24) is 14.9 Å². The van der Waals surface area contributed by atoms with E-state index in [2.05, 4.69) is 21.4 Å². The number of rotatable bonds is 6. The number of hydrogen-bond acceptors (Lipinski definition) is 5. The van der Waals surface area contributed by atoms with E-state index in [1.165, 1.54) is 0 Å². The van der Waals surface area contributed by atoms with Gasteiger partial charge in [-0.3, -0.25) is 4.79 Å². The Hall–Kier alpha value is -3.72. The summed E-state index contributed by atoms with van der Waals surface area (Å²) in [6.45, 7) is 4.81. The highest BCUT2D eigenvalue weighted by molar-refractivity contribution is 5.93. The van der Waals surface area contributed by atoms with Crippen molar-refractivity contribution in [2.24, 2.45) is 0 Å². The van der Waals surface area contributed by atoms with Crippen molar-refractivity contribution in [3.63, 3.8) is 0 Å². The number of carbonyl (C=O) groups is 1. The molecule has 0 saturated carbocycles. The lowest BCUT2D eigenvalue weighted by Gasteiger charge is -2.21. The summed E-state index contributed by atoms with van der Waals surface area (Å²) < 4.78 is 0. The van der Waals surface area contributed by atoms with Crippen LogP contribution in [0.5, 0.6) is 0 Å². The lowest BCUT2D eigenvalue weighted by molar-refractivity contribution is 0.0746. The van der Waals surface area contributed by atoms with Gasteiger partial charge in [0.25, 0.3) is 5.91 Å². The second-order valence-corrected chi connectivity index (χ2v) is 6.30. The monoisotopic (exact) mass is 371 g/mol. The van der Waals surface area contributed by atoms with E-state index in [-0.39, 0.29) is 5.91 Å². The number of hydrogen-bond donors (Lipinski definition) is 1. The maximum absolute atomic E-state index is 13.0. The molecule has 28 heavy (non-hydrogen) atoms. The number of benzene rings is 2. The van der Waals surface area contributed by atoms with E-state index in [9.17, 15) is 4.79 Å². The van der Waals surface area contributed by atoms with Gasteiger partial charge in [0, 0.05) is 24.8 Å². The third-order valence-electron chi connectivity index (χ3n) is 4.23. The molecule has 0 radical (unpaired) electrons. The molecule has 6 heteroatoms. The summed E-state index contributed by atoms with van der Waals surface area (Å²) in [5.41, 5.74) is 2.78. The third-order valence-corrected chi connectivity index (χ3v) is 4.23. The number of amides is 1. The number of nitrogens with zero attached hydrogens (tertiary/aromatic N) is 4. The van der Waals surface area contributed by atoms with E-state index < -0.39 is 0 Å². The molecule has 1 aromatic heterocycles. The molecule has 0 aliphatic carbocycles. The molecule has 0 aliphatic rings. The summed E-state index contributed by atoms with van der Waals surface area (Å²) in [6.07, 6.45) is 0. The zero-order valence-corrected chi connectivity index (χ0v) is 15.9. The number of nitrogens with one attached hydrogen (secondary N) is 1. The molecule has 1 heterocycles. The van der Waals surface area contributed by atoms with E-state index in [1.54, 1.807) is 42.2 Å². The van der Waals surface area contributed by atoms with Crippen LogP contribution < -0.4 is 5.32 Å². The summed E-state index contributed by atoms with van der Waals surface area (Å²) in [5, 5.41) is 12.1. The Morgan fingerprint density at radius 2 is 1.82 bits per heavy atom. The molecular formula is C22H21N5O. The van der Waals surface area contributed by atoms with Crippen molar-refractivity contribution in [1.29, 1.82) is 5.26 Å². The highest BCUT2D eigenvalue weighted by Gasteiger charge is 2.17. The van der Waals surface area contributed by atoms with Gasteiger partial charge in [-0.25, -0.2) is 9.97 Å². The second kappa shape index (κ2) is 8.78. The van der Waals surface area contributed by atoms with Gasteiger partial charge < -0.3 is 10.2 Å². The summed E-state index contributed by atoms with van der Waals surface area (Å²) in [6, 6.07) is 20.7. The van der Waals surface area contributed by atoms with Crippen molar-refractivity contribution in [3.05, 3.63) is 83.3 Å². The average Bonchev–Trinajstić information content (AvgIpc) is 2.72. The van der Waals surface area contributed by atoms with Gasteiger partial charge in [0.1, 0.15) is 17.3 Å². The lowest BCUT2D eigenvalue weighted by atomic mass is 10.2. The molecule has 3 rings (SSSR count). The second-order valence-electron chi connectivity index (χ2n) is 6.30. The third kappa shape index (κ3) is 4.71. The van der Waals surface area contributed by atoms with Gasteiger partial charge in [-0.15, -0.1) is 0 Å². The molecular weight excluding hydrogens is 350 g/mol. The predicted octanol–water partition coefficient (Wildman–Crippen LogP) is 4.06. The molecule has 6 nitrogen and oxygen atoms in total. The van der Waals surface area contributed by atoms with Crippen LogP contribution in [0.25, 0.3) is 0 Å². The number of nitriles is 1. The van der Waals surface area contributed by atoms with Gasteiger partial charge in [-0.2, -0.15) is 5.26 Å². The summed E-state index contributed by atoms with van der Waals surface area (Å²) in [5.74, 6) is 0.911. The summed E-state index contributed by atoms with van der Waals surface area (Å²) in [7, 11) is 0. The molecule has 2 aromatic carbocycles. The minimum absolute atomic E-state index is 0.139. The number of aryl methyl sites for hydroxylation is 1. The zero-order valence-electron chi connectivity index (χ0n) is 15.9. The van der Waals surface area contributed by atoms with E-state index in [4.69, 9.17) is 5.26 Å². The Bertz CT molecular complexity index is 994. The van der Waals surface area contributed by atoms with Gasteiger partial charge in [-0.05, 0) is 43.7 Å². The Morgan fingerprint density at radius 1 is 1.11 bits per heavy atom. The topological polar surface area (TPSA) is 81.9 Å². The predicted molar refractivity (Wildman–Crippen MR) is 108 cm³/mol. The normalized spacial score (nSPS) is 10.2. The fourth-order valence-electron chi connectivity index (χ4n) is 2.81. The maximum atomic E-state index is 13.0. The molecule has 0 spiro atoms. The van der Waals surface area contributed by atoms with Crippen LogP contribution in [0.1, 0.15) is 34.4 Å². The quantitative estimate of drug-likeness (QED) is 0.706. The Balaban J connectivity index is 1.80. The van der Waals surface area contributed by atoms with Crippen molar-refractivity contribution in [2.75, 3.05) is 11.9 Å². The molecule has 0 atom stereocenters. The van der Waals surface area contributed by atoms with E-state index in [0.717, 1.165) is 11.3 Å². The Kier molecular flexibility index (Phi) is 5.97. The Labute approximate surface area is 164 Å². The first-order valence-corrected chi connectivity index (χ1v) is 9.05. The SMILES string of the molecule is CCN(Cc1ccccc1)C(=O)c1cc(Nc2ccc(C#N)cc2)nc(C)n1. The smallest absolute Gasteiger partial charge is 0.272 e. The van der Waals surface area contributed by atoms with Crippen LogP contribution in [0, 0.1) is 18.3 Å². The molecule has 0 fully saturated rings. The first kappa shape index (κ1) is 19.1. The van der Waals surface area contributed by atoms with Gasteiger partial charge in [0.2, 0.25) is 0 Å². The molecule has 140 valence electrons. The van der Waals surface area contributed by atoms with Crippen molar-refractivity contribution >= 4 is 17.4 Å². The molecule has 0 saturated heterocycles. The van der Waals surface area contributed by atoms with Crippen molar-refractivity contribution < 1.29 is 4.79 Å². The molecule has 1 amide bonds. The minimum atomic E-state index is -0.139. The molecule has 0 unspecified atom stereocenters. The van der Waals surface area contributed by atoms with Gasteiger partial charge >= 0.3 is 0 Å². The van der Waals surface area contributed by atoms with E-state index in [1.807, 2.05) is 37.3 Å². The van der Waals surface area contributed by atoms with Crippen LogP contribution in [0.3, 0.4) is 0 Å². The highest BCUT2D eigenvalue weighted by Crippen LogP contribution is 2.17. The van der Waals surface area contributed by atoms with Crippen LogP contribution in [0.15, 0.2) is 60.7 Å². The first-order chi connectivity index (χ1) is 13.6.